The van der Waals surface area contributed by atoms with Crippen LogP contribution in [-0.2, 0) is 0 Å². The van der Waals surface area contributed by atoms with E-state index in [0.717, 1.165) is 12.1 Å². The Morgan fingerprint density at radius 1 is 1.40 bits per heavy atom. The Balaban J connectivity index is 2.02. The third kappa shape index (κ3) is 0.867. The highest BCUT2D eigenvalue weighted by atomic mass is 15.6. The van der Waals surface area contributed by atoms with Crippen molar-refractivity contribution in [1.82, 2.24) is 10.4 Å². The lowest BCUT2D eigenvalue weighted by molar-refractivity contribution is 0.104. The van der Waals surface area contributed by atoms with Crippen molar-refractivity contribution in [3.63, 3.8) is 0 Å². The molecule has 1 N–H and O–H groups in total. The molecule has 58 valence electrons. The van der Waals surface area contributed by atoms with E-state index in [1.165, 1.54) is 19.3 Å². The van der Waals surface area contributed by atoms with Crippen molar-refractivity contribution in [3.05, 3.63) is 0 Å². The van der Waals surface area contributed by atoms with Crippen LogP contribution in [0.1, 0.15) is 33.1 Å². The van der Waals surface area contributed by atoms with E-state index in [4.69, 9.17) is 0 Å². The van der Waals surface area contributed by atoms with E-state index in [-0.39, 0.29) is 0 Å². The number of hydrogen-bond donors (Lipinski definition) is 1. The predicted octanol–water partition coefficient (Wildman–Crippen LogP) is 1.14. The van der Waals surface area contributed by atoms with E-state index in [0.29, 0.717) is 6.04 Å². The molecule has 2 bridgehead atoms. The summed E-state index contributed by atoms with van der Waals surface area (Å²) in [7, 11) is 0. The minimum absolute atomic E-state index is 0.676. The van der Waals surface area contributed by atoms with Gasteiger partial charge in [-0.25, -0.2) is 5.01 Å². The van der Waals surface area contributed by atoms with Crippen molar-refractivity contribution in [2.75, 3.05) is 0 Å². The Hall–Kier alpha value is -0.0800. The van der Waals surface area contributed by atoms with E-state index in [1.807, 2.05) is 0 Å². The molecule has 1 saturated carbocycles. The Morgan fingerprint density at radius 3 is 2.50 bits per heavy atom. The summed E-state index contributed by atoms with van der Waals surface area (Å²) < 4.78 is 0. The van der Waals surface area contributed by atoms with E-state index >= 15 is 0 Å². The second-order valence-corrected chi connectivity index (χ2v) is 3.79. The SMILES string of the molecule is CC(C)N1NC2CCC1C2. The number of hydrogen-bond acceptors (Lipinski definition) is 2. The largest absolute Gasteiger partial charge is 0.252 e. The van der Waals surface area contributed by atoms with Gasteiger partial charge in [-0.15, -0.1) is 0 Å². The fourth-order valence-electron chi connectivity index (χ4n) is 2.21. The van der Waals surface area contributed by atoms with Crippen LogP contribution >= 0.6 is 0 Å². The molecule has 0 amide bonds. The first-order valence-corrected chi connectivity index (χ1v) is 4.32. The summed E-state index contributed by atoms with van der Waals surface area (Å²) in [6.07, 6.45) is 4.20. The summed E-state index contributed by atoms with van der Waals surface area (Å²) in [5.74, 6) is 0. The van der Waals surface area contributed by atoms with Gasteiger partial charge in [-0.2, -0.15) is 0 Å². The molecule has 0 aromatic heterocycles. The minimum Gasteiger partial charge on any atom is -0.252 e. The molecule has 1 aliphatic carbocycles. The average Bonchev–Trinajstić information content (AvgIpc) is 2.44. The van der Waals surface area contributed by atoms with Crippen molar-refractivity contribution in [1.29, 1.82) is 0 Å². The standard InChI is InChI=1S/C8H16N2/c1-6(2)10-8-4-3-7(5-8)9-10/h6-9H,3-5H2,1-2H3. The van der Waals surface area contributed by atoms with Gasteiger partial charge in [0, 0.05) is 18.1 Å². The van der Waals surface area contributed by atoms with E-state index < -0.39 is 0 Å². The van der Waals surface area contributed by atoms with E-state index in [2.05, 4.69) is 24.3 Å². The summed E-state index contributed by atoms with van der Waals surface area (Å²) in [6, 6.07) is 2.34. The van der Waals surface area contributed by atoms with Gasteiger partial charge in [0.2, 0.25) is 0 Å². The molecule has 2 unspecified atom stereocenters. The monoisotopic (exact) mass is 140 g/mol. The molecule has 1 aliphatic heterocycles. The molecule has 0 spiro atoms. The van der Waals surface area contributed by atoms with Crippen molar-refractivity contribution >= 4 is 0 Å². The molecule has 2 fully saturated rings. The lowest BCUT2D eigenvalue weighted by atomic mass is 10.2. The van der Waals surface area contributed by atoms with Crippen LogP contribution in [0.3, 0.4) is 0 Å². The van der Waals surface area contributed by atoms with Crippen LogP contribution in [0.5, 0.6) is 0 Å². The van der Waals surface area contributed by atoms with Crippen LogP contribution in [0.25, 0.3) is 0 Å². The molecular weight excluding hydrogens is 124 g/mol. The summed E-state index contributed by atoms with van der Waals surface area (Å²) in [5, 5.41) is 2.42. The van der Waals surface area contributed by atoms with Gasteiger partial charge < -0.3 is 0 Å². The first kappa shape index (κ1) is 6.62. The van der Waals surface area contributed by atoms with Gasteiger partial charge >= 0.3 is 0 Å². The summed E-state index contributed by atoms with van der Waals surface area (Å²) in [6.45, 7) is 4.52. The molecule has 2 rings (SSSR count). The number of hydrazine groups is 1. The zero-order valence-corrected chi connectivity index (χ0v) is 6.80. The van der Waals surface area contributed by atoms with Gasteiger partial charge in [-0.3, -0.25) is 5.43 Å². The van der Waals surface area contributed by atoms with Crippen LogP contribution in [0.15, 0.2) is 0 Å². The van der Waals surface area contributed by atoms with Crippen LogP contribution in [0.2, 0.25) is 0 Å². The van der Waals surface area contributed by atoms with Crippen LogP contribution in [-0.4, -0.2) is 23.1 Å². The number of nitrogens with zero attached hydrogens (tertiary/aromatic N) is 1. The highest BCUT2D eigenvalue weighted by Crippen LogP contribution is 2.30. The van der Waals surface area contributed by atoms with E-state index in [9.17, 15) is 0 Å². The highest BCUT2D eigenvalue weighted by Gasteiger charge is 2.38. The normalized spacial score (nSPS) is 39.9. The molecule has 2 atom stereocenters. The summed E-state index contributed by atoms with van der Waals surface area (Å²) in [4.78, 5) is 0. The number of rotatable bonds is 1. The quantitative estimate of drug-likeness (QED) is 0.587. The Bertz CT molecular complexity index is 133. The maximum Gasteiger partial charge on any atom is 0.0262 e. The zero-order valence-electron chi connectivity index (χ0n) is 6.80. The average molecular weight is 140 g/mol. The van der Waals surface area contributed by atoms with Gasteiger partial charge in [-0.1, -0.05) is 0 Å². The molecule has 2 heteroatoms. The second-order valence-electron chi connectivity index (χ2n) is 3.79. The van der Waals surface area contributed by atoms with Gasteiger partial charge in [0.05, 0.1) is 0 Å². The summed E-state index contributed by atoms with van der Waals surface area (Å²) in [5.41, 5.74) is 3.52. The third-order valence-corrected chi connectivity index (χ3v) is 2.69. The molecular formula is C8H16N2. The molecule has 10 heavy (non-hydrogen) atoms. The molecule has 0 radical (unpaired) electrons. The number of nitrogens with one attached hydrogen (secondary N) is 1. The van der Waals surface area contributed by atoms with Crippen LogP contribution < -0.4 is 5.43 Å². The van der Waals surface area contributed by atoms with Gasteiger partial charge in [0.1, 0.15) is 0 Å². The van der Waals surface area contributed by atoms with Gasteiger partial charge in [-0.05, 0) is 33.1 Å². The molecule has 1 heterocycles. The van der Waals surface area contributed by atoms with Gasteiger partial charge in [0.15, 0.2) is 0 Å². The molecule has 0 aromatic rings. The van der Waals surface area contributed by atoms with Crippen LogP contribution in [0.4, 0.5) is 0 Å². The Labute approximate surface area is 62.6 Å². The van der Waals surface area contributed by atoms with Gasteiger partial charge in [0.25, 0.3) is 0 Å². The van der Waals surface area contributed by atoms with Crippen molar-refractivity contribution in [2.24, 2.45) is 0 Å². The fourth-order valence-corrected chi connectivity index (χ4v) is 2.21. The lowest BCUT2D eigenvalue weighted by Crippen LogP contribution is -2.47. The smallest absolute Gasteiger partial charge is 0.0262 e. The fraction of sp³-hybridized carbons (Fsp3) is 1.00. The molecule has 2 nitrogen and oxygen atoms in total. The van der Waals surface area contributed by atoms with Crippen molar-refractivity contribution in [2.45, 2.75) is 51.2 Å². The molecule has 1 saturated heterocycles. The van der Waals surface area contributed by atoms with Crippen molar-refractivity contribution < 1.29 is 0 Å². The first-order chi connectivity index (χ1) is 4.77. The topological polar surface area (TPSA) is 15.3 Å². The van der Waals surface area contributed by atoms with Crippen molar-refractivity contribution in [3.8, 4) is 0 Å². The predicted molar refractivity (Wildman–Crippen MR) is 41.5 cm³/mol. The molecule has 2 aliphatic rings. The number of fused-ring (bicyclic) bond motifs is 2. The summed E-state index contributed by atoms with van der Waals surface area (Å²) >= 11 is 0. The highest BCUT2D eigenvalue weighted by molar-refractivity contribution is 4.92. The maximum atomic E-state index is 3.52. The zero-order chi connectivity index (χ0) is 7.14. The second kappa shape index (κ2) is 2.21. The Kier molecular flexibility index (Phi) is 1.46. The lowest BCUT2D eigenvalue weighted by Gasteiger charge is -2.30. The minimum atomic E-state index is 0.676. The van der Waals surface area contributed by atoms with E-state index in [1.54, 1.807) is 0 Å². The molecule has 0 aromatic carbocycles. The Morgan fingerprint density at radius 2 is 2.20 bits per heavy atom. The first-order valence-electron chi connectivity index (χ1n) is 4.32. The maximum absolute atomic E-state index is 3.52. The van der Waals surface area contributed by atoms with Crippen LogP contribution in [0, 0.1) is 0 Å². The third-order valence-electron chi connectivity index (χ3n) is 2.69.